The number of carbonyl (C=O) groups is 1. The second-order valence-electron chi connectivity index (χ2n) is 5.03. The Hall–Kier alpha value is -1.15. The quantitative estimate of drug-likeness (QED) is 0.515. The fraction of sp³-hybridized carbons (Fsp3) is 0.533. The summed E-state index contributed by atoms with van der Waals surface area (Å²) < 4.78 is 0. The molecule has 17 heavy (non-hydrogen) atoms. The van der Waals surface area contributed by atoms with E-state index in [1.54, 1.807) is 0 Å². The molecule has 0 saturated heterocycles. The summed E-state index contributed by atoms with van der Waals surface area (Å²) in [6.45, 7) is 7.81. The van der Waals surface area contributed by atoms with Gasteiger partial charge in [-0.05, 0) is 51.7 Å². The van der Waals surface area contributed by atoms with E-state index in [0.717, 1.165) is 22.3 Å². The lowest BCUT2D eigenvalue weighted by molar-refractivity contribution is -0.115. The predicted octanol–water partition coefficient (Wildman–Crippen LogP) is 3.33. The lowest BCUT2D eigenvalue weighted by Gasteiger charge is -2.14. The molecule has 0 spiro atoms. The zero-order valence-electron chi connectivity index (χ0n) is 11.2. The van der Waals surface area contributed by atoms with Crippen molar-refractivity contribution < 1.29 is 9.90 Å². The van der Waals surface area contributed by atoms with Crippen LogP contribution in [0.4, 0.5) is 0 Å². The number of Topliss-reactive ketones (excluding diaryl/α,β-unsaturated/α-hetero) is 1. The molecule has 94 valence electrons. The summed E-state index contributed by atoms with van der Waals surface area (Å²) in [4.78, 5) is 12.1. The number of hydrogen-bond donors (Lipinski definition) is 1. The number of carbonyl (C=O) groups excluding carboxylic acids is 1. The summed E-state index contributed by atoms with van der Waals surface area (Å²) in [5.41, 5.74) is 3.94. The highest BCUT2D eigenvalue weighted by atomic mass is 16.3. The third-order valence-corrected chi connectivity index (χ3v) is 3.22. The molecular weight excluding hydrogens is 212 g/mol. The highest BCUT2D eigenvalue weighted by Gasteiger charge is 2.14. The first-order chi connectivity index (χ1) is 7.91. The fourth-order valence-corrected chi connectivity index (χ4v) is 1.93. The van der Waals surface area contributed by atoms with Gasteiger partial charge in [0.1, 0.15) is 0 Å². The number of rotatable bonds is 0. The van der Waals surface area contributed by atoms with Crippen molar-refractivity contribution in [1.82, 2.24) is 0 Å². The van der Waals surface area contributed by atoms with Crippen LogP contribution in [0.1, 0.15) is 47.0 Å². The Morgan fingerprint density at radius 1 is 1.29 bits per heavy atom. The highest BCUT2D eigenvalue weighted by molar-refractivity contribution is 5.97. The molecule has 1 rings (SSSR count). The summed E-state index contributed by atoms with van der Waals surface area (Å²) in [5, 5.41) is 9.89. The Morgan fingerprint density at radius 3 is 2.53 bits per heavy atom. The van der Waals surface area contributed by atoms with Crippen LogP contribution in [0.5, 0.6) is 0 Å². The molecule has 0 heterocycles. The van der Waals surface area contributed by atoms with Crippen molar-refractivity contribution in [3.8, 4) is 0 Å². The van der Waals surface area contributed by atoms with E-state index in [0.29, 0.717) is 19.3 Å². The predicted molar refractivity (Wildman–Crippen MR) is 70.8 cm³/mol. The van der Waals surface area contributed by atoms with Crippen LogP contribution >= 0.6 is 0 Å². The van der Waals surface area contributed by atoms with Crippen LogP contribution in [-0.2, 0) is 4.79 Å². The third kappa shape index (κ3) is 3.97. The number of hydrogen-bond acceptors (Lipinski definition) is 2. The van der Waals surface area contributed by atoms with Gasteiger partial charge >= 0.3 is 0 Å². The van der Waals surface area contributed by atoms with Gasteiger partial charge in [0.25, 0.3) is 0 Å². The normalized spacial score (nSPS) is 29.1. The lowest BCUT2D eigenvalue weighted by Crippen LogP contribution is -2.11. The van der Waals surface area contributed by atoms with Gasteiger partial charge in [0, 0.05) is 6.42 Å². The largest absolute Gasteiger partial charge is 0.388 e. The summed E-state index contributed by atoms with van der Waals surface area (Å²) in [6, 6.07) is 0. The molecule has 0 aliphatic heterocycles. The Morgan fingerprint density at radius 2 is 1.94 bits per heavy atom. The molecule has 1 atom stereocenters. The first-order valence-corrected chi connectivity index (χ1v) is 6.11. The van der Waals surface area contributed by atoms with Crippen molar-refractivity contribution in [2.24, 2.45) is 0 Å². The van der Waals surface area contributed by atoms with E-state index in [-0.39, 0.29) is 5.78 Å². The van der Waals surface area contributed by atoms with Crippen molar-refractivity contribution in [2.75, 3.05) is 0 Å². The van der Waals surface area contributed by atoms with Crippen molar-refractivity contribution in [2.45, 2.75) is 53.1 Å². The van der Waals surface area contributed by atoms with Crippen LogP contribution in [0.15, 0.2) is 34.4 Å². The second kappa shape index (κ2) is 5.97. The van der Waals surface area contributed by atoms with Gasteiger partial charge in [0.05, 0.1) is 6.10 Å². The summed E-state index contributed by atoms with van der Waals surface area (Å²) in [5.74, 6) is 0.208. The topological polar surface area (TPSA) is 37.3 Å². The molecule has 0 bridgehead atoms. The molecule has 0 unspecified atom stereocenters. The van der Waals surface area contributed by atoms with Crippen molar-refractivity contribution in [1.29, 1.82) is 0 Å². The third-order valence-electron chi connectivity index (χ3n) is 3.22. The lowest BCUT2D eigenvalue weighted by atomic mass is 9.93. The molecular formula is C15H22O2. The number of ketones is 1. The van der Waals surface area contributed by atoms with Crippen LogP contribution in [-0.4, -0.2) is 17.0 Å². The van der Waals surface area contributed by atoms with E-state index in [1.165, 1.54) is 0 Å². The molecule has 0 amide bonds. The minimum atomic E-state index is -0.420. The molecule has 0 fully saturated rings. The number of allylic oxidation sites excluding steroid dienone is 4. The second-order valence-corrected chi connectivity index (χ2v) is 5.03. The summed E-state index contributed by atoms with van der Waals surface area (Å²) in [7, 11) is 0. The summed E-state index contributed by atoms with van der Waals surface area (Å²) >= 11 is 0. The molecule has 2 heteroatoms. The Bertz CT molecular complexity index is 393. The monoisotopic (exact) mass is 234 g/mol. The fourth-order valence-electron chi connectivity index (χ4n) is 1.93. The van der Waals surface area contributed by atoms with E-state index < -0.39 is 6.10 Å². The van der Waals surface area contributed by atoms with Gasteiger partial charge in [0.2, 0.25) is 0 Å². The Kier molecular flexibility index (Phi) is 4.88. The first-order valence-electron chi connectivity index (χ1n) is 6.11. The van der Waals surface area contributed by atoms with Crippen LogP contribution in [0.3, 0.4) is 0 Å². The SMILES string of the molecule is CC(C)=C1C/C=C(\C)[C@@H](O)C/C=C(\C)CC1=O. The Balaban J connectivity index is 3.07. The van der Waals surface area contributed by atoms with E-state index in [2.05, 4.69) is 0 Å². The zero-order chi connectivity index (χ0) is 13.0. The Labute approximate surface area is 104 Å². The maximum Gasteiger partial charge on any atom is 0.163 e. The molecule has 0 aromatic heterocycles. The summed E-state index contributed by atoms with van der Waals surface area (Å²) in [6.07, 6.45) is 5.23. The molecule has 1 aliphatic rings. The van der Waals surface area contributed by atoms with Gasteiger partial charge in [-0.3, -0.25) is 4.79 Å². The molecule has 0 saturated carbocycles. The maximum atomic E-state index is 12.1. The minimum Gasteiger partial charge on any atom is -0.388 e. The van der Waals surface area contributed by atoms with Crippen molar-refractivity contribution in [3.05, 3.63) is 34.4 Å². The van der Waals surface area contributed by atoms with E-state index in [4.69, 9.17) is 0 Å². The average Bonchev–Trinajstić information content (AvgIpc) is 2.24. The molecule has 1 N–H and O–H groups in total. The number of aliphatic hydroxyl groups excluding tert-OH is 1. The molecule has 1 aliphatic carbocycles. The van der Waals surface area contributed by atoms with Gasteiger partial charge < -0.3 is 5.11 Å². The first kappa shape index (κ1) is 13.9. The van der Waals surface area contributed by atoms with Crippen molar-refractivity contribution >= 4 is 5.78 Å². The van der Waals surface area contributed by atoms with Gasteiger partial charge in [-0.1, -0.05) is 23.3 Å². The van der Waals surface area contributed by atoms with Crippen LogP contribution in [0.25, 0.3) is 0 Å². The van der Waals surface area contributed by atoms with E-state index in [9.17, 15) is 9.90 Å². The van der Waals surface area contributed by atoms with Gasteiger partial charge in [0.15, 0.2) is 5.78 Å². The van der Waals surface area contributed by atoms with Crippen LogP contribution in [0.2, 0.25) is 0 Å². The van der Waals surface area contributed by atoms with Gasteiger partial charge in [-0.15, -0.1) is 0 Å². The van der Waals surface area contributed by atoms with Gasteiger partial charge in [-0.25, -0.2) is 0 Å². The maximum absolute atomic E-state index is 12.1. The molecule has 0 radical (unpaired) electrons. The number of aliphatic hydroxyl groups is 1. The zero-order valence-corrected chi connectivity index (χ0v) is 11.2. The van der Waals surface area contributed by atoms with Crippen molar-refractivity contribution in [3.63, 3.8) is 0 Å². The molecule has 0 aromatic rings. The van der Waals surface area contributed by atoms with Crippen LogP contribution in [0, 0.1) is 0 Å². The average molecular weight is 234 g/mol. The minimum absolute atomic E-state index is 0.208. The molecule has 2 nitrogen and oxygen atoms in total. The highest BCUT2D eigenvalue weighted by Crippen LogP contribution is 2.20. The molecule has 0 aromatic carbocycles. The standard InChI is InChI=1S/C15H22O2/c1-10(2)13-7-6-12(4)14(16)8-5-11(3)9-15(13)17/h5-6,14,16H,7-9H2,1-4H3/b11-5+,12-6+/t14-/m0/s1. The smallest absolute Gasteiger partial charge is 0.163 e. The van der Waals surface area contributed by atoms with E-state index >= 15 is 0 Å². The van der Waals surface area contributed by atoms with Gasteiger partial charge in [-0.2, -0.15) is 0 Å². The van der Waals surface area contributed by atoms with E-state index in [1.807, 2.05) is 39.8 Å². The van der Waals surface area contributed by atoms with Crippen LogP contribution < -0.4 is 0 Å².